The number of ether oxygens (including phenoxy) is 1. The molecule has 0 saturated carbocycles. The van der Waals surface area contributed by atoms with Crippen molar-refractivity contribution in [3.8, 4) is 0 Å². The minimum absolute atomic E-state index is 0.140. The molecule has 0 bridgehead atoms. The van der Waals surface area contributed by atoms with E-state index in [-0.39, 0.29) is 11.7 Å². The number of carbonyl (C=O) groups is 1. The number of sulfonamides is 1. The summed E-state index contributed by atoms with van der Waals surface area (Å²) >= 11 is 6.24. The van der Waals surface area contributed by atoms with Gasteiger partial charge in [-0.2, -0.15) is 0 Å². The molecule has 1 atom stereocenters. The van der Waals surface area contributed by atoms with E-state index in [2.05, 4.69) is 5.32 Å². The van der Waals surface area contributed by atoms with Gasteiger partial charge in [0.15, 0.2) is 0 Å². The monoisotopic (exact) mass is 358 g/mol. The first-order valence-electron chi connectivity index (χ1n) is 7.70. The summed E-state index contributed by atoms with van der Waals surface area (Å²) in [6, 6.07) is 4.88. The molecule has 1 aromatic rings. The SMILES string of the molecule is O=C(Nc1ccc(N2CCCCS2(=O)=O)c(Cl)c1)C1CCCO1. The van der Waals surface area contributed by atoms with E-state index in [1.54, 1.807) is 18.2 Å². The van der Waals surface area contributed by atoms with Gasteiger partial charge < -0.3 is 10.1 Å². The van der Waals surface area contributed by atoms with Crippen LogP contribution in [0.4, 0.5) is 11.4 Å². The highest BCUT2D eigenvalue weighted by molar-refractivity contribution is 7.92. The number of amides is 1. The molecule has 0 radical (unpaired) electrons. The minimum Gasteiger partial charge on any atom is -0.368 e. The number of rotatable bonds is 3. The summed E-state index contributed by atoms with van der Waals surface area (Å²) in [6.07, 6.45) is 2.66. The lowest BCUT2D eigenvalue weighted by Crippen LogP contribution is -2.38. The van der Waals surface area contributed by atoms with Gasteiger partial charge in [0.2, 0.25) is 10.0 Å². The zero-order valence-electron chi connectivity index (χ0n) is 12.6. The zero-order chi connectivity index (χ0) is 16.4. The highest BCUT2D eigenvalue weighted by Crippen LogP contribution is 2.33. The molecule has 2 aliphatic rings. The Balaban J connectivity index is 1.76. The summed E-state index contributed by atoms with van der Waals surface area (Å²) in [5, 5.41) is 3.07. The van der Waals surface area contributed by atoms with E-state index in [1.807, 2.05) is 0 Å². The van der Waals surface area contributed by atoms with Crippen LogP contribution in [-0.4, -0.2) is 39.3 Å². The number of nitrogens with one attached hydrogen (secondary N) is 1. The standard InChI is InChI=1S/C15H19ClN2O4S/c16-12-10-11(17-15(19)14-4-3-8-22-14)5-6-13(12)18-7-1-2-9-23(18,20)21/h5-6,10,14H,1-4,7-9H2,(H,17,19). The molecule has 1 unspecified atom stereocenters. The van der Waals surface area contributed by atoms with E-state index < -0.39 is 16.1 Å². The molecule has 126 valence electrons. The number of hydrogen-bond acceptors (Lipinski definition) is 4. The number of hydrogen-bond donors (Lipinski definition) is 1. The van der Waals surface area contributed by atoms with Gasteiger partial charge >= 0.3 is 0 Å². The van der Waals surface area contributed by atoms with E-state index in [1.165, 1.54) is 4.31 Å². The first kappa shape index (κ1) is 16.5. The molecule has 1 aromatic carbocycles. The van der Waals surface area contributed by atoms with Crippen LogP contribution in [0.25, 0.3) is 0 Å². The molecule has 2 fully saturated rings. The van der Waals surface area contributed by atoms with Gasteiger partial charge in [-0.05, 0) is 43.9 Å². The van der Waals surface area contributed by atoms with Gasteiger partial charge in [0, 0.05) is 18.8 Å². The number of anilines is 2. The van der Waals surface area contributed by atoms with Crippen molar-refractivity contribution in [1.82, 2.24) is 0 Å². The number of carbonyl (C=O) groups excluding carboxylic acids is 1. The van der Waals surface area contributed by atoms with Gasteiger partial charge in [-0.15, -0.1) is 0 Å². The Morgan fingerprint density at radius 1 is 1.30 bits per heavy atom. The summed E-state index contributed by atoms with van der Waals surface area (Å²) < 4.78 is 31.0. The van der Waals surface area contributed by atoms with Crippen LogP contribution in [-0.2, 0) is 19.6 Å². The highest BCUT2D eigenvalue weighted by Gasteiger charge is 2.28. The normalized spacial score (nSPS) is 23.7. The van der Waals surface area contributed by atoms with Gasteiger partial charge in [-0.3, -0.25) is 9.10 Å². The predicted octanol–water partition coefficient (Wildman–Crippen LogP) is 2.39. The minimum atomic E-state index is -3.31. The molecule has 2 saturated heterocycles. The Kier molecular flexibility index (Phi) is 4.79. The maximum Gasteiger partial charge on any atom is 0.253 e. The predicted molar refractivity (Wildman–Crippen MR) is 89.4 cm³/mol. The van der Waals surface area contributed by atoms with E-state index in [9.17, 15) is 13.2 Å². The molecule has 0 spiro atoms. The maximum absolute atomic E-state index is 12.2. The van der Waals surface area contributed by atoms with Crippen LogP contribution in [0.3, 0.4) is 0 Å². The van der Waals surface area contributed by atoms with Crippen LogP contribution < -0.4 is 9.62 Å². The second-order valence-corrected chi connectivity index (χ2v) is 8.17. The van der Waals surface area contributed by atoms with Crippen molar-refractivity contribution in [2.75, 3.05) is 28.5 Å². The Morgan fingerprint density at radius 2 is 2.13 bits per heavy atom. The van der Waals surface area contributed by atoms with Crippen LogP contribution in [0.5, 0.6) is 0 Å². The second kappa shape index (κ2) is 6.67. The Bertz CT molecular complexity index is 701. The van der Waals surface area contributed by atoms with Gasteiger partial charge in [-0.25, -0.2) is 8.42 Å². The molecule has 0 aliphatic carbocycles. The fourth-order valence-electron chi connectivity index (χ4n) is 2.85. The Morgan fingerprint density at radius 3 is 2.78 bits per heavy atom. The van der Waals surface area contributed by atoms with E-state index in [0.717, 1.165) is 12.8 Å². The molecule has 1 amide bonds. The van der Waals surface area contributed by atoms with Crippen molar-refractivity contribution in [1.29, 1.82) is 0 Å². The smallest absolute Gasteiger partial charge is 0.253 e. The van der Waals surface area contributed by atoms with E-state index in [0.29, 0.717) is 42.4 Å². The lowest BCUT2D eigenvalue weighted by Gasteiger charge is -2.29. The molecular formula is C15H19ClN2O4S. The third-order valence-electron chi connectivity index (χ3n) is 4.06. The van der Waals surface area contributed by atoms with Crippen LogP contribution in [0, 0.1) is 0 Å². The Labute approximate surface area is 140 Å². The van der Waals surface area contributed by atoms with Crippen LogP contribution >= 0.6 is 11.6 Å². The van der Waals surface area contributed by atoms with Gasteiger partial charge in [0.1, 0.15) is 6.10 Å². The molecule has 6 nitrogen and oxygen atoms in total. The summed E-state index contributed by atoms with van der Waals surface area (Å²) in [7, 11) is -3.31. The maximum atomic E-state index is 12.2. The van der Waals surface area contributed by atoms with E-state index >= 15 is 0 Å². The number of halogens is 1. The van der Waals surface area contributed by atoms with Crippen molar-refractivity contribution >= 4 is 38.9 Å². The number of benzene rings is 1. The summed E-state index contributed by atoms with van der Waals surface area (Å²) in [5.74, 6) is -0.0576. The first-order valence-corrected chi connectivity index (χ1v) is 9.68. The van der Waals surface area contributed by atoms with Crippen molar-refractivity contribution < 1.29 is 17.9 Å². The van der Waals surface area contributed by atoms with Crippen molar-refractivity contribution in [3.63, 3.8) is 0 Å². The molecule has 2 aliphatic heterocycles. The molecule has 3 rings (SSSR count). The van der Waals surface area contributed by atoms with Crippen molar-refractivity contribution in [2.24, 2.45) is 0 Å². The Hall–Kier alpha value is -1.31. The van der Waals surface area contributed by atoms with Crippen LogP contribution in [0.15, 0.2) is 18.2 Å². The van der Waals surface area contributed by atoms with Gasteiger partial charge in [0.05, 0.1) is 16.5 Å². The average molecular weight is 359 g/mol. The van der Waals surface area contributed by atoms with Crippen LogP contribution in [0.1, 0.15) is 25.7 Å². The molecule has 0 aromatic heterocycles. The highest BCUT2D eigenvalue weighted by atomic mass is 35.5. The lowest BCUT2D eigenvalue weighted by atomic mass is 10.2. The topological polar surface area (TPSA) is 75.7 Å². The van der Waals surface area contributed by atoms with Crippen LogP contribution in [0.2, 0.25) is 5.02 Å². The summed E-state index contributed by atoms with van der Waals surface area (Å²) in [5.41, 5.74) is 0.995. The van der Waals surface area contributed by atoms with Crippen molar-refractivity contribution in [3.05, 3.63) is 23.2 Å². The summed E-state index contributed by atoms with van der Waals surface area (Å²) in [4.78, 5) is 12.0. The summed E-state index contributed by atoms with van der Waals surface area (Å²) in [6.45, 7) is 1.04. The third kappa shape index (κ3) is 3.62. The van der Waals surface area contributed by atoms with E-state index in [4.69, 9.17) is 16.3 Å². The molecular weight excluding hydrogens is 340 g/mol. The molecule has 8 heteroatoms. The van der Waals surface area contributed by atoms with Gasteiger partial charge in [0.25, 0.3) is 5.91 Å². The molecule has 23 heavy (non-hydrogen) atoms. The second-order valence-electron chi connectivity index (χ2n) is 5.75. The fourth-order valence-corrected chi connectivity index (χ4v) is 4.84. The fraction of sp³-hybridized carbons (Fsp3) is 0.533. The molecule has 1 N–H and O–H groups in total. The quantitative estimate of drug-likeness (QED) is 0.900. The van der Waals surface area contributed by atoms with Crippen molar-refractivity contribution in [2.45, 2.75) is 31.8 Å². The largest absolute Gasteiger partial charge is 0.368 e. The number of nitrogens with zero attached hydrogens (tertiary/aromatic N) is 1. The average Bonchev–Trinajstić information content (AvgIpc) is 3.02. The van der Waals surface area contributed by atoms with Gasteiger partial charge in [-0.1, -0.05) is 11.6 Å². The lowest BCUT2D eigenvalue weighted by molar-refractivity contribution is -0.124. The third-order valence-corrected chi connectivity index (χ3v) is 6.21. The zero-order valence-corrected chi connectivity index (χ0v) is 14.2. The first-order chi connectivity index (χ1) is 11.0. The molecule has 2 heterocycles.